The summed E-state index contributed by atoms with van der Waals surface area (Å²) in [5, 5.41) is 41.6. The molecular weight excluding hydrogens is 416 g/mol. The van der Waals surface area contributed by atoms with Crippen molar-refractivity contribution in [2.75, 3.05) is 0 Å². The first-order valence-electron chi connectivity index (χ1n) is 12.4. The van der Waals surface area contributed by atoms with E-state index in [2.05, 4.69) is 0 Å². The minimum absolute atomic E-state index is 0.292. The number of hydrogen-bond donors (Lipinski definition) is 4. The van der Waals surface area contributed by atoms with Crippen LogP contribution in [0.15, 0.2) is 0 Å². The van der Waals surface area contributed by atoms with E-state index in [-0.39, 0.29) is 11.8 Å². The molecule has 12 atom stereocenters. The quantitative estimate of drug-likeness (QED) is 0.355. The van der Waals surface area contributed by atoms with Gasteiger partial charge < -0.3 is 29.9 Å². The molecule has 0 saturated heterocycles. The lowest BCUT2D eigenvalue weighted by Crippen LogP contribution is -2.66. The van der Waals surface area contributed by atoms with Crippen LogP contribution in [0.1, 0.15) is 52.4 Å². The van der Waals surface area contributed by atoms with Gasteiger partial charge in [0.05, 0.1) is 11.8 Å². The molecule has 180 valence electrons. The fraction of sp³-hybridized carbons (Fsp3) is 0.917. The van der Waals surface area contributed by atoms with E-state index in [1.54, 1.807) is 0 Å². The molecule has 32 heavy (non-hydrogen) atoms. The summed E-state index contributed by atoms with van der Waals surface area (Å²) in [6, 6.07) is 0. The van der Waals surface area contributed by atoms with Crippen molar-refractivity contribution < 1.29 is 39.5 Å². The molecule has 0 aliphatic heterocycles. The molecule has 5 fully saturated rings. The van der Waals surface area contributed by atoms with Gasteiger partial charge in [0.15, 0.2) is 12.2 Å². The van der Waals surface area contributed by atoms with Crippen LogP contribution in [-0.2, 0) is 19.1 Å². The van der Waals surface area contributed by atoms with E-state index >= 15 is 0 Å². The van der Waals surface area contributed by atoms with Crippen LogP contribution in [0.25, 0.3) is 0 Å². The summed E-state index contributed by atoms with van der Waals surface area (Å²) in [5.41, 5.74) is 0. The molecule has 5 aliphatic rings. The molecule has 8 heteroatoms. The van der Waals surface area contributed by atoms with Gasteiger partial charge in [-0.15, -0.1) is 0 Å². The predicted molar refractivity (Wildman–Crippen MR) is 111 cm³/mol. The zero-order valence-corrected chi connectivity index (χ0v) is 18.7. The molecule has 5 rings (SSSR count). The second kappa shape index (κ2) is 8.22. The zero-order valence-electron chi connectivity index (χ0n) is 18.7. The average molecular weight is 453 g/mol. The van der Waals surface area contributed by atoms with Crippen molar-refractivity contribution >= 4 is 11.9 Å². The van der Waals surface area contributed by atoms with Gasteiger partial charge in [-0.25, -0.2) is 0 Å². The minimum Gasteiger partial charge on any atom is -0.455 e. The molecule has 6 unspecified atom stereocenters. The van der Waals surface area contributed by atoms with Gasteiger partial charge in [-0.3, -0.25) is 9.59 Å². The van der Waals surface area contributed by atoms with Crippen molar-refractivity contribution in [1.29, 1.82) is 0 Å². The van der Waals surface area contributed by atoms with E-state index < -0.39 is 48.6 Å². The van der Waals surface area contributed by atoms with Gasteiger partial charge in [0.1, 0.15) is 24.4 Å². The molecule has 0 spiro atoms. The Hall–Kier alpha value is -1.22. The van der Waals surface area contributed by atoms with E-state index in [4.69, 9.17) is 9.47 Å². The Morgan fingerprint density at radius 2 is 1.03 bits per heavy atom. The van der Waals surface area contributed by atoms with Crippen LogP contribution >= 0.6 is 0 Å². The number of carbonyl (C=O) groups is 2. The van der Waals surface area contributed by atoms with E-state index in [9.17, 15) is 30.0 Å². The maximum absolute atomic E-state index is 13.0. The van der Waals surface area contributed by atoms with Gasteiger partial charge in [0.25, 0.3) is 0 Å². The maximum atomic E-state index is 13.0. The van der Waals surface area contributed by atoms with Crippen LogP contribution in [0.2, 0.25) is 0 Å². The highest BCUT2D eigenvalue weighted by molar-refractivity contribution is 5.75. The molecule has 0 bridgehead atoms. The van der Waals surface area contributed by atoms with Crippen LogP contribution < -0.4 is 0 Å². The van der Waals surface area contributed by atoms with Gasteiger partial charge in [-0.1, -0.05) is 26.7 Å². The number of aliphatic hydroxyl groups excluding tert-OH is 4. The number of hydrogen-bond acceptors (Lipinski definition) is 8. The van der Waals surface area contributed by atoms with Crippen LogP contribution in [0.4, 0.5) is 0 Å². The second-order valence-corrected chi connectivity index (χ2v) is 10.8. The molecular formula is C24H36O8. The molecule has 8 nitrogen and oxygen atoms in total. The van der Waals surface area contributed by atoms with Crippen molar-refractivity contribution in [3.05, 3.63) is 0 Å². The topological polar surface area (TPSA) is 134 Å². The zero-order chi connectivity index (χ0) is 22.9. The lowest BCUT2D eigenvalue weighted by molar-refractivity contribution is -0.244. The van der Waals surface area contributed by atoms with Gasteiger partial charge >= 0.3 is 11.9 Å². The van der Waals surface area contributed by atoms with Crippen molar-refractivity contribution in [2.45, 2.75) is 89.0 Å². The van der Waals surface area contributed by atoms with Gasteiger partial charge in [0, 0.05) is 0 Å². The van der Waals surface area contributed by atoms with E-state index in [0.717, 1.165) is 25.7 Å². The Balaban J connectivity index is 1.30. The van der Waals surface area contributed by atoms with Crippen molar-refractivity contribution in [3.8, 4) is 0 Å². The molecule has 0 aromatic rings. The SMILES string of the molecule is CCCC(C(=O)O[C@H]1[C@H](O)[C@H](O)[C@H](O)[C@@H](O)[C@@H]1OC(=O)C(CCC)C1C2CC21)C1C2CC21. The summed E-state index contributed by atoms with van der Waals surface area (Å²) in [4.78, 5) is 26.0. The largest absolute Gasteiger partial charge is 0.455 e. The van der Waals surface area contributed by atoms with Gasteiger partial charge in [-0.2, -0.15) is 0 Å². The van der Waals surface area contributed by atoms with E-state index in [0.29, 0.717) is 48.3 Å². The second-order valence-electron chi connectivity index (χ2n) is 10.8. The summed E-state index contributed by atoms with van der Waals surface area (Å²) in [5.74, 6) is 1.39. The number of esters is 2. The molecule has 0 heterocycles. The third kappa shape index (κ3) is 3.77. The van der Waals surface area contributed by atoms with E-state index in [1.807, 2.05) is 13.8 Å². The maximum Gasteiger partial charge on any atom is 0.309 e. The molecule has 5 saturated carbocycles. The summed E-state index contributed by atoms with van der Waals surface area (Å²) in [6.07, 6.45) is -4.33. The first kappa shape index (κ1) is 22.6. The monoisotopic (exact) mass is 452 g/mol. The minimum atomic E-state index is -1.71. The van der Waals surface area contributed by atoms with Crippen LogP contribution in [-0.4, -0.2) is 69.0 Å². The van der Waals surface area contributed by atoms with E-state index in [1.165, 1.54) is 0 Å². The Kier molecular flexibility index (Phi) is 5.80. The number of rotatable bonds is 10. The molecule has 0 amide bonds. The predicted octanol–water partition coefficient (Wildman–Crippen LogP) is 0.632. The van der Waals surface area contributed by atoms with Gasteiger partial charge in [-0.05, 0) is 61.2 Å². The average Bonchev–Trinajstić information content (AvgIpc) is 3.58. The van der Waals surface area contributed by atoms with Crippen LogP contribution in [0, 0.1) is 47.3 Å². The lowest BCUT2D eigenvalue weighted by Gasteiger charge is -2.43. The van der Waals surface area contributed by atoms with Crippen molar-refractivity contribution in [2.24, 2.45) is 47.3 Å². The smallest absolute Gasteiger partial charge is 0.309 e. The summed E-state index contributed by atoms with van der Waals surface area (Å²) < 4.78 is 11.3. The van der Waals surface area contributed by atoms with Crippen LogP contribution in [0.3, 0.4) is 0 Å². The number of aliphatic hydroxyl groups is 4. The highest BCUT2D eigenvalue weighted by atomic mass is 16.6. The highest BCUT2D eigenvalue weighted by Gasteiger charge is 2.69. The first-order chi connectivity index (χ1) is 15.3. The Bertz CT molecular complexity index is 678. The summed E-state index contributed by atoms with van der Waals surface area (Å²) in [6.45, 7) is 3.99. The summed E-state index contributed by atoms with van der Waals surface area (Å²) >= 11 is 0. The number of ether oxygens (including phenoxy) is 2. The Morgan fingerprint density at radius 1 is 0.688 bits per heavy atom. The lowest BCUT2D eigenvalue weighted by atomic mass is 9.84. The van der Waals surface area contributed by atoms with Crippen molar-refractivity contribution in [1.82, 2.24) is 0 Å². The number of carbonyl (C=O) groups excluding carboxylic acids is 2. The highest BCUT2D eigenvalue weighted by Crippen LogP contribution is 2.72. The standard InChI is InChI=1S/C24H36O8/c1-3-5-9(15-11-7-12(11)15)23(29)31-21-19(27)17(25)18(26)20(28)22(21)32-24(30)10(6-4-2)16-13-8-14(13)16/h9-22,25-28H,3-8H2,1-2H3/t9?,10?,11?,12?,13?,14?,15?,16?,17-,18+,19-,20-,21+,22+/m1/s1. The molecule has 0 aromatic carbocycles. The normalized spacial score (nSPS) is 49.2. The fourth-order valence-electron chi connectivity index (χ4n) is 6.31. The Morgan fingerprint density at radius 3 is 1.28 bits per heavy atom. The molecule has 0 radical (unpaired) electrons. The first-order valence-corrected chi connectivity index (χ1v) is 12.4. The fourth-order valence-corrected chi connectivity index (χ4v) is 6.31. The Labute approximate surface area is 188 Å². The van der Waals surface area contributed by atoms with Gasteiger partial charge in [0.2, 0.25) is 0 Å². The summed E-state index contributed by atoms with van der Waals surface area (Å²) in [7, 11) is 0. The third-order valence-electron chi connectivity index (χ3n) is 8.76. The van der Waals surface area contributed by atoms with Crippen LogP contribution in [0.5, 0.6) is 0 Å². The molecule has 5 aliphatic carbocycles. The molecule has 4 N–H and O–H groups in total. The van der Waals surface area contributed by atoms with Crippen molar-refractivity contribution in [3.63, 3.8) is 0 Å². The number of fused-ring (bicyclic) bond motifs is 2. The molecule has 0 aromatic heterocycles. The third-order valence-corrected chi connectivity index (χ3v) is 8.76.